The summed E-state index contributed by atoms with van der Waals surface area (Å²) in [5, 5.41) is 0. The van der Waals surface area contributed by atoms with Crippen LogP contribution in [0.3, 0.4) is 0 Å². The lowest BCUT2D eigenvalue weighted by Gasteiger charge is -2.46. The zero-order valence-corrected chi connectivity index (χ0v) is 17.2. The lowest BCUT2D eigenvalue weighted by atomic mass is 9.91. The molecule has 1 aromatic rings. The Morgan fingerprint density at radius 3 is 1.66 bits per heavy atom. The molecular formula is C24H32O5. The molecule has 5 atom stereocenters. The molecule has 1 unspecified atom stereocenters. The van der Waals surface area contributed by atoms with Crippen LogP contribution in [0.2, 0.25) is 0 Å². The summed E-state index contributed by atoms with van der Waals surface area (Å²) >= 11 is 0. The quantitative estimate of drug-likeness (QED) is 0.456. The lowest BCUT2D eigenvalue weighted by molar-refractivity contribution is -0.233. The number of benzene rings is 1. The second-order valence-electron chi connectivity index (χ2n) is 6.69. The van der Waals surface area contributed by atoms with Crippen molar-refractivity contribution in [2.24, 2.45) is 0 Å². The summed E-state index contributed by atoms with van der Waals surface area (Å²) in [5.74, 6) is 1.46. The topological polar surface area (TPSA) is 46.2 Å². The summed E-state index contributed by atoms with van der Waals surface area (Å²) < 4.78 is 30.2. The van der Waals surface area contributed by atoms with Crippen molar-refractivity contribution in [2.45, 2.75) is 43.4 Å². The SMILES string of the molecule is C=CCO[C@@H]1C(Oc2ccc(OC)cc2)[C@H](OCC=C)[C@@H](CC=C)O[C@H]1CC=C. The van der Waals surface area contributed by atoms with Crippen molar-refractivity contribution in [3.63, 3.8) is 0 Å². The van der Waals surface area contributed by atoms with Crippen LogP contribution in [0.25, 0.3) is 0 Å². The molecule has 29 heavy (non-hydrogen) atoms. The molecule has 0 N–H and O–H groups in total. The van der Waals surface area contributed by atoms with Crippen LogP contribution in [0.4, 0.5) is 0 Å². The Balaban J connectivity index is 2.37. The highest BCUT2D eigenvalue weighted by atomic mass is 16.6. The number of hydrogen-bond donors (Lipinski definition) is 0. The van der Waals surface area contributed by atoms with Crippen molar-refractivity contribution in [1.82, 2.24) is 0 Å². The molecule has 0 aliphatic carbocycles. The molecule has 158 valence electrons. The van der Waals surface area contributed by atoms with Gasteiger partial charge in [0.2, 0.25) is 0 Å². The predicted octanol–water partition coefficient (Wildman–Crippen LogP) is 4.50. The first-order valence-corrected chi connectivity index (χ1v) is 9.81. The molecule has 0 radical (unpaired) electrons. The van der Waals surface area contributed by atoms with Gasteiger partial charge in [-0.15, -0.1) is 26.3 Å². The summed E-state index contributed by atoms with van der Waals surface area (Å²) in [4.78, 5) is 0. The van der Waals surface area contributed by atoms with E-state index in [9.17, 15) is 0 Å². The maximum Gasteiger partial charge on any atom is 0.156 e. The largest absolute Gasteiger partial charge is 0.497 e. The summed E-state index contributed by atoms with van der Waals surface area (Å²) in [6.45, 7) is 16.0. The molecule has 2 rings (SSSR count). The summed E-state index contributed by atoms with van der Waals surface area (Å²) in [6, 6.07) is 7.45. The van der Waals surface area contributed by atoms with E-state index < -0.39 is 6.10 Å². The van der Waals surface area contributed by atoms with Crippen molar-refractivity contribution in [1.29, 1.82) is 0 Å². The molecular weight excluding hydrogens is 368 g/mol. The van der Waals surface area contributed by atoms with E-state index in [0.717, 1.165) is 5.75 Å². The minimum absolute atomic E-state index is 0.218. The van der Waals surface area contributed by atoms with E-state index in [1.165, 1.54) is 0 Å². The third-order valence-electron chi connectivity index (χ3n) is 4.67. The van der Waals surface area contributed by atoms with Gasteiger partial charge in [-0.2, -0.15) is 0 Å². The van der Waals surface area contributed by atoms with Crippen LogP contribution in [0, 0.1) is 0 Å². The second kappa shape index (κ2) is 12.3. The van der Waals surface area contributed by atoms with Gasteiger partial charge in [0, 0.05) is 0 Å². The average molecular weight is 401 g/mol. The Bertz CT molecular complexity index is 622. The van der Waals surface area contributed by atoms with Gasteiger partial charge in [0.05, 0.1) is 32.5 Å². The van der Waals surface area contributed by atoms with Gasteiger partial charge in [-0.1, -0.05) is 24.3 Å². The van der Waals surface area contributed by atoms with Gasteiger partial charge in [0.25, 0.3) is 0 Å². The van der Waals surface area contributed by atoms with Crippen LogP contribution >= 0.6 is 0 Å². The first-order valence-electron chi connectivity index (χ1n) is 9.81. The van der Waals surface area contributed by atoms with Crippen molar-refractivity contribution in [3.8, 4) is 11.5 Å². The van der Waals surface area contributed by atoms with Gasteiger partial charge in [-0.3, -0.25) is 0 Å². The van der Waals surface area contributed by atoms with E-state index in [0.29, 0.717) is 31.8 Å². The average Bonchev–Trinajstić information content (AvgIpc) is 2.74. The molecule has 1 aromatic carbocycles. The zero-order chi connectivity index (χ0) is 21.1. The maximum atomic E-state index is 6.40. The molecule has 1 fully saturated rings. The number of hydrogen-bond acceptors (Lipinski definition) is 5. The first-order chi connectivity index (χ1) is 14.2. The Morgan fingerprint density at radius 2 is 1.24 bits per heavy atom. The summed E-state index contributed by atoms with van der Waals surface area (Å²) in [5.41, 5.74) is 0. The van der Waals surface area contributed by atoms with Crippen molar-refractivity contribution in [2.75, 3.05) is 20.3 Å². The van der Waals surface area contributed by atoms with Crippen LogP contribution in [0.5, 0.6) is 11.5 Å². The molecule has 1 heterocycles. The van der Waals surface area contributed by atoms with Crippen molar-refractivity contribution < 1.29 is 23.7 Å². The van der Waals surface area contributed by atoms with Crippen LogP contribution < -0.4 is 9.47 Å². The van der Waals surface area contributed by atoms with Crippen LogP contribution in [0.15, 0.2) is 74.9 Å². The normalized spacial score (nSPS) is 26.3. The third-order valence-corrected chi connectivity index (χ3v) is 4.67. The van der Waals surface area contributed by atoms with Gasteiger partial charge < -0.3 is 23.7 Å². The molecule has 0 spiro atoms. The van der Waals surface area contributed by atoms with Gasteiger partial charge in [0.15, 0.2) is 6.10 Å². The highest BCUT2D eigenvalue weighted by Gasteiger charge is 2.47. The zero-order valence-electron chi connectivity index (χ0n) is 17.2. The fourth-order valence-electron chi connectivity index (χ4n) is 3.41. The lowest BCUT2D eigenvalue weighted by Crippen LogP contribution is -2.61. The van der Waals surface area contributed by atoms with Gasteiger partial charge in [0.1, 0.15) is 23.7 Å². The van der Waals surface area contributed by atoms with Crippen molar-refractivity contribution >= 4 is 0 Å². The molecule has 1 aliphatic rings. The molecule has 0 bridgehead atoms. The number of rotatable bonds is 13. The minimum atomic E-state index is -0.396. The Kier molecular flexibility index (Phi) is 9.71. The number of methoxy groups -OCH3 is 1. The molecule has 1 saturated heterocycles. The summed E-state index contributed by atoms with van der Waals surface area (Å²) in [6.07, 6.45) is 6.80. The molecule has 0 saturated carbocycles. The fourth-order valence-corrected chi connectivity index (χ4v) is 3.41. The van der Waals surface area contributed by atoms with Gasteiger partial charge >= 0.3 is 0 Å². The van der Waals surface area contributed by atoms with E-state index in [2.05, 4.69) is 26.3 Å². The fraction of sp³-hybridized carbons (Fsp3) is 0.417. The second-order valence-corrected chi connectivity index (χ2v) is 6.69. The first kappa shape index (κ1) is 22.9. The van der Waals surface area contributed by atoms with Crippen LogP contribution in [0.1, 0.15) is 12.8 Å². The molecule has 5 heteroatoms. The third kappa shape index (κ3) is 6.32. The summed E-state index contributed by atoms with van der Waals surface area (Å²) in [7, 11) is 1.63. The van der Waals surface area contributed by atoms with E-state index in [4.69, 9.17) is 23.7 Å². The molecule has 0 amide bonds. The Hall–Kier alpha value is -2.34. The maximum absolute atomic E-state index is 6.40. The van der Waals surface area contributed by atoms with Gasteiger partial charge in [-0.05, 0) is 37.1 Å². The highest BCUT2D eigenvalue weighted by molar-refractivity contribution is 5.31. The van der Waals surface area contributed by atoms with E-state index in [-0.39, 0.29) is 24.4 Å². The minimum Gasteiger partial charge on any atom is -0.497 e. The molecule has 5 nitrogen and oxygen atoms in total. The van der Waals surface area contributed by atoms with Crippen molar-refractivity contribution in [3.05, 3.63) is 74.9 Å². The van der Waals surface area contributed by atoms with Crippen LogP contribution in [-0.4, -0.2) is 50.8 Å². The Morgan fingerprint density at radius 1 is 0.759 bits per heavy atom. The van der Waals surface area contributed by atoms with E-state index in [1.807, 2.05) is 36.4 Å². The predicted molar refractivity (Wildman–Crippen MR) is 116 cm³/mol. The monoisotopic (exact) mass is 400 g/mol. The van der Waals surface area contributed by atoms with E-state index in [1.54, 1.807) is 19.3 Å². The number of ether oxygens (including phenoxy) is 5. The van der Waals surface area contributed by atoms with Crippen LogP contribution in [-0.2, 0) is 14.2 Å². The van der Waals surface area contributed by atoms with E-state index >= 15 is 0 Å². The highest BCUT2D eigenvalue weighted by Crippen LogP contribution is 2.33. The van der Waals surface area contributed by atoms with Gasteiger partial charge in [-0.25, -0.2) is 0 Å². The molecule has 1 aliphatic heterocycles. The standard InChI is InChI=1S/C24H32O5/c1-6-10-20-22(26-16-8-3)24(28-19-14-12-18(25-5)13-15-19)23(27-17-9-4)21(29-20)11-7-2/h6-9,12-15,20-24H,1-4,10-11,16-17H2,5H3/t20-,21+,22-,23+,24?. The smallest absolute Gasteiger partial charge is 0.156 e. The Labute approximate surface area is 174 Å². The molecule has 0 aromatic heterocycles.